The third kappa shape index (κ3) is 5.62. The number of fused-ring (bicyclic) bond motifs is 1. The molecule has 2 heterocycles. The fraction of sp³-hybridized carbons (Fsp3) is 0.118. The number of hydrogen-bond donors (Lipinski definition) is 6. The van der Waals surface area contributed by atoms with Crippen molar-refractivity contribution in [2.45, 2.75) is 0 Å². The smallest absolute Gasteiger partial charge is 0.157 e. The lowest BCUT2D eigenvalue weighted by molar-refractivity contribution is 0.567. The van der Waals surface area contributed by atoms with E-state index in [0.29, 0.717) is 11.4 Å². The van der Waals surface area contributed by atoms with Crippen LogP contribution >= 0.6 is 0 Å². The Morgan fingerprint density at radius 1 is 1.41 bits per heavy atom. The zero-order chi connectivity index (χ0) is 19.8. The van der Waals surface area contributed by atoms with Crippen LogP contribution in [-0.2, 0) is 11.1 Å². The van der Waals surface area contributed by atoms with Crippen LogP contribution in [0.25, 0.3) is 0 Å². The van der Waals surface area contributed by atoms with Gasteiger partial charge in [0.15, 0.2) is 11.1 Å². The molecule has 0 aromatic heterocycles. The monoisotopic (exact) mass is 387 g/mol. The lowest BCUT2D eigenvalue weighted by Crippen LogP contribution is -2.26. The van der Waals surface area contributed by atoms with E-state index < -0.39 is 11.1 Å². The topological polar surface area (TPSA) is 162 Å². The van der Waals surface area contributed by atoms with Crippen molar-refractivity contribution in [3.05, 3.63) is 70.6 Å². The average molecular weight is 387 g/mol. The molecule has 2 rings (SSSR count). The van der Waals surface area contributed by atoms with Crippen LogP contribution in [0.5, 0.6) is 0 Å². The van der Waals surface area contributed by atoms with Gasteiger partial charge < -0.3 is 32.1 Å². The zero-order valence-electron chi connectivity index (χ0n) is 14.6. The maximum atomic E-state index is 10.9. The van der Waals surface area contributed by atoms with E-state index >= 15 is 0 Å². The summed E-state index contributed by atoms with van der Waals surface area (Å²) in [7, 11) is 1.67. The summed E-state index contributed by atoms with van der Waals surface area (Å²) in [5.41, 5.74) is 15.0. The number of nitrogens with zero attached hydrogens (tertiary/aromatic N) is 2. The van der Waals surface area contributed by atoms with Gasteiger partial charge in [0.1, 0.15) is 11.7 Å². The van der Waals surface area contributed by atoms with Gasteiger partial charge in [0.05, 0.1) is 17.1 Å². The van der Waals surface area contributed by atoms with Gasteiger partial charge in [0, 0.05) is 43.0 Å². The molecule has 142 valence electrons. The summed E-state index contributed by atoms with van der Waals surface area (Å²) in [5.74, 6) is 0.404. The van der Waals surface area contributed by atoms with E-state index in [1.165, 1.54) is 12.3 Å². The van der Waals surface area contributed by atoms with Crippen LogP contribution in [0.1, 0.15) is 0 Å². The van der Waals surface area contributed by atoms with Gasteiger partial charge >= 0.3 is 0 Å². The number of nitrogens with two attached hydrogens (primary N) is 2. The molecule has 1 atom stereocenters. The molecule has 0 aromatic rings. The van der Waals surface area contributed by atoms with Crippen molar-refractivity contribution in [1.82, 2.24) is 10.6 Å². The lowest BCUT2D eigenvalue weighted by Gasteiger charge is -2.23. The van der Waals surface area contributed by atoms with Crippen LogP contribution in [0.15, 0.2) is 80.6 Å². The molecule has 2 aliphatic rings. The highest BCUT2D eigenvalue weighted by Gasteiger charge is 2.16. The van der Waals surface area contributed by atoms with Crippen LogP contribution in [0, 0.1) is 5.41 Å². The minimum atomic E-state index is -2.06. The third-order valence-electron chi connectivity index (χ3n) is 3.48. The highest BCUT2D eigenvalue weighted by molar-refractivity contribution is 7.79. The molecule has 0 aromatic carbocycles. The van der Waals surface area contributed by atoms with Crippen molar-refractivity contribution < 1.29 is 8.76 Å². The number of aliphatic imine (C=N–C) groups is 2. The molecule has 8 N–H and O–H groups in total. The number of hydrogen-bond acceptors (Lipinski definition) is 7. The summed E-state index contributed by atoms with van der Waals surface area (Å²) < 4.78 is 19.8. The molecule has 10 heteroatoms. The molecule has 0 saturated heterocycles. The second-order valence-corrected chi connectivity index (χ2v) is 6.37. The van der Waals surface area contributed by atoms with Gasteiger partial charge in [-0.05, 0) is 29.9 Å². The van der Waals surface area contributed by atoms with Crippen LogP contribution in [0.4, 0.5) is 0 Å². The molecule has 27 heavy (non-hydrogen) atoms. The summed E-state index contributed by atoms with van der Waals surface area (Å²) in [4.78, 5) is 8.21. The molecule has 2 aliphatic heterocycles. The van der Waals surface area contributed by atoms with Crippen LogP contribution in [-0.4, -0.2) is 39.8 Å². The molecule has 0 aliphatic carbocycles. The normalized spacial score (nSPS) is 19.1. The van der Waals surface area contributed by atoms with Crippen molar-refractivity contribution in [1.29, 1.82) is 5.41 Å². The van der Waals surface area contributed by atoms with E-state index in [1.807, 2.05) is 18.4 Å². The third-order valence-corrected chi connectivity index (χ3v) is 4.06. The molecule has 9 nitrogen and oxygen atoms in total. The highest BCUT2D eigenvalue weighted by atomic mass is 32.2. The van der Waals surface area contributed by atoms with Gasteiger partial charge in [0.2, 0.25) is 0 Å². The average Bonchev–Trinajstić information content (AvgIpc) is 2.64. The largest absolute Gasteiger partial charge is 0.404 e. The molecule has 0 spiro atoms. The SMILES string of the molecule is CN=CC(=CN)C1=CNC2=CC=C(N=C(N)C=C(C=N)CS(=O)O)NC2=C1. The fourth-order valence-corrected chi connectivity index (χ4v) is 2.76. The van der Waals surface area contributed by atoms with Gasteiger partial charge in [-0.15, -0.1) is 0 Å². The summed E-state index contributed by atoms with van der Waals surface area (Å²) in [6, 6.07) is 0. The van der Waals surface area contributed by atoms with E-state index in [-0.39, 0.29) is 11.6 Å². The maximum absolute atomic E-state index is 10.9. The predicted octanol–water partition coefficient (Wildman–Crippen LogP) is 0.384. The van der Waals surface area contributed by atoms with Gasteiger partial charge in [0.25, 0.3) is 0 Å². The molecule has 0 bridgehead atoms. The summed E-state index contributed by atoms with van der Waals surface area (Å²) in [6.45, 7) is 0. The zero-order valence-corrected chi connectivity index (χ0v) is 15.5. The first-order chi connectivity index (χ1) is 13.0. The Balaban J connectivity index is 2.21. The molecule has 0 fully saturated rings. The van der Waals surface area contributed by atoms with Gasteiger partial charge in [-0.3, -0.25) is 4.99 Å². The first-order valence-electron chi connectivity index (χ1n) is 7.81. The maximum Gasteiger partial charge on any atom is 0.157 e. The van der Waals surface area contributed by atoms with Crippen molar-refractivity contribution in [2.75, 3.05) is 12.8 Å². The minimum absolute atomic E-state index is 0.107. The highest BCUT2D eigenvalue weighted by Crippen LogP contribution is 2.22. The number of allylic oxidation sites excluding steroid dienone is 5. The summed E-state index contributed by atoms with van der Waals surface area (Å²) >= 11 is -2.06. The first-order valence-corrected chi connectivity index (χ1v) is 9.09. The Labute approximate surface area is 159 Å². The molecule has 0 radical (unpaired) electrons. The summed E-state index contributed by atoms with van der Waals surface area (Å²) in [6.07, 6.45) is 12.8. The fourth-order valence-electron chi connectivity index (χ4n) is 2.31. The van der Waals surface area contributed by atoms with Gasteiger partial charge in [-0.25, -0.2) is 9.20 Å². The van der Waals surface area contributed by atoms with Crippen molar-refractivity contribution in [2.24, 2.45) is 21.5 Å². The standard InChI is InChI=1S/C17H21N7O2S/c1-21-8-13(7-19)12-5-15-14(22-9-12)2-3-17(23-15)24-16(20)4-11(6-18)10-27(25)26/h2-9,18,22-23H,10,19H2,1H3,(H2,20,24)(H,25,26). The second-order valence-electron chi connectivity index (χ2n) is 5.43. The number of dihydropyridines is 2. The Hall–Kier alpha value is -3.24. The number of amidine groups is 1. The molecular formula is C17H21N7O2S. The minimum Gasteiger partial charge on any atom is -0.404 e. The second kappa shape index (κ2) is 9.46. The Kier molecular flexibility index (Phi) is 7.03. The first kappa shape index (κ1) is 20.1. The van der Waals surface area contributed by atoms with E-state index in [0.717, 1.165) is 28.8 Å². The van der Waals surface area contributed by atoms with Crippen LogP contribution < -0.4 is 22.1 Å². The Bertz CT molecular complexity index is 889. The van der Waals surface area contributed by atoms with Crippen molar-refractivity contribution >= 4 is 29.3 Å². The van der Waals surface area contributed by atoms with Crippen LogP contribution in [0.2, 0.25) is 0 Å². The Morgan fingerprint density at radius 3 is 2.81 bits per heavy atom. The van der Waals surface area contributed by atoms with E-state index in [2.05, 4.69) is 20.6 Å². The van der Waals surface area contributed by atoms with Gasteiger partial charge in [-0.1, -0.05) is 0 Å². The quantitative estimate of drug-likeness (QED) is 0.210. The van der Waals surface area contributed by atoms with E-state index in [4.69, 9.17) is 21.4 Å². The molecule has 0 saturated carbocycles. The molecular weight excluding hydrogens is 366 g/mol. The predicted molar refractivity (Wildman–Crippen MR) is 109 cm³/mol. The van der Waals surface area contributed by atoms with E-state index in [9.17, 15) is 4.21 Å². The lowest BCUT2D eigenvalue weighted by atomic mass is 10.0. The van der Waals surface area contributed by atoms with Crippen LogP contribution in [0.3, 0.4) is 0 Å². The number of rotatable bonds is 7. The van der Waals surface area contributed by atoms with Crippen molar-refractivity contribution in [3.8, 4) is 0 Å². The molecule has 1 unspecified atom stereocenters. The van der Waals surface area contributed by atoms with Crippen molar-refractivity contribution in [3.63, 3.8) is 0 Å². The molecule has 0 amide bonds. The number of nitrogens with one attached hydrogen (secondary N) is 3. The van der Waals surface area contributed by atoms with Gasteiger partial charge in [-0.2, -0.15) is 0 Å². The van der Waals surface area contributed by atoms with E-state index in [1.54, 1.807) is 19.3 Å². The summed E-state index contributed by atoms with van der Waals surface area (Å²) in [5, 5.41) is 13.6. The Morgan fingerprint density at radius 2 is 2.19 bits per heavy atom.